The van der Waals surface area contributed by atoms with Gasteiger partial charge in [-0.2, -0.15) is 0 Å². The van der Waals surface area contributed by atoms with Crippen molar-refractivity contribution in [2.75, 3.05) is 5.32 Å². The molecule has 1 amide bonds. The Kier molecular flexibility index (Phi) is 4.90. The van der Waals surface area contributed by atoms with E-state index in [0.717, 1.165) is 39.5 Å². The van der Waals surface area contributed by atoms with E-state index in [2.05, 4.69) is 66.1 Å². The van der Waals surface area contributed by atoms with Crippen molar-refractivity contribution < 1.29 is 4.79 Å². The van der Waals surface area contributed by atoms with E-state index in [9.17, 15) is 4.79 Å². The van der Waals surface area contributed by atoms with E-state index in [1.54, 1.807) is 11.3 Å². The summed E-state index contributed by atoms with van der Waals surface area (Å²) in [5.41, 5.74) is 5.71. The van der Waals surface area contributed by atoms with Crippen LogP contribution in [0.5, 0.6) is 0 Å². The maximum Gasteiger partial charge on any atom is 0.254 e. The zero-order valence-electron chi connectivity index (χ0n) is 17.6. The lowest BCUT2D eigenvalue weighted by Crippen LogP contribution is -2.53. The summed E-state index contributed by atoms with van der Waals surface area (Å²) in [6.45, 7) is 4.13. The molecule has 30 heavy (non-hydrogen) atoms. The predicted octanol–water partition coefficient (Wildman–Crippen LogP) is 6.84. The first-order chi connectivity index (χ1) is 14.5. The Morgan fingerprint density at radius 1 is 0.933 bits per heavy atom. The van der Waals surface area contributed by atoms with Gasteiger partial charge in [-0.05, 0) is 68.2 Å². The highest BCUT2D eigenvalue weighted by atomic mass is 32.1. The van der Waals surface area contributed by atoms with Crippen LogP contribution in [0.4, 0.5) is 11.4 Å². The molecule has 2 saturated carbocycles. The molecule has 3 nitrogen and oxygen atoms in total. The van der Waals surface area contributed by atoms with E-state index in [0.29, 0.717) is 11.5 Å². The minimum absolute atomic E-state index is 0.0689. The number of hydrogen-bond acceptors (Lipinski definition) is 3. The molecule has 3 aromatic rings. The molecular weight excluding hydrogens is 388 g/mol. The number of nitrogens with one attached hydrogen (secondary N) is 2. The van der Waals surface area contributed by atoms with Crippen molar-refractivity contribution in [3.8, 4) is 11.1 Å². The molecule has 2 aromatic carbocycles. The van der Waals surface area contributed by atoms with Gasteiger partial charge in [-0.1, -0.05) is 48.9 Å². The Balaban J connectivity index is 1.32. The Morgan fingerprint density at radius 3 is 2.23 bits per heavy atom. The van der Waals surface area contributed by atoms with Crippen LogP contribution < -0.4 is 10.6 Å². The van der Waals surface area contributed by atoms with Crippen LogP contribution in [-0.2, 0) is 0 Å². The molecule has 5 rings (SSSR count). The SMILES string of the molecule is Cc1sc(C)c(C(=O)NC2CC3(CCC3)C2)c1Nc1ccc(-c2ccccc2)cc1. The van der Waals surface area contributed by atoms with Gasteiger partial charge in [0.15, 0.2) is 0 Å². The van der Waals surface area contributed by atoms with Crippen LogP contribution in [0.2, 0.25) is 0 Å². The van der Waals surface area contributed by atoms with Crippen molar-refractivity contribution in [3.05, 3.63) is 69.9 Å². The van der Waals surface area contributed by atoms with Crippen LogP contribution in [0, 0.1) is 19.3 Å². The minimum Gasteiger partial charge on any atom is -0.354 e. The van der Waals surface area contributed by atoms with E-state index in [1.807, 2.05) is 13.0 Å². The third kappa shape index (κ3) is 3.54. The molecule has 0 atom stereocenters. The number of amides is 1. The fraction of sp³-hybridized carbons (Fsp3) is 0.346. The van der Waals surface area contributed by atoms with Gasteiger partial charge in [-0.15, -0.1) is 11.3 Å². The number of rotatable bonds is 5. The smallest absolute Gasteiger partial charge is 0.254 e. The monoisotopic (exact) mass is 416 g/mol. The predicted molar refractivity (Wildman–Crippen MR) is 126 cm³/mol. The average molecular weight is 417 g/mol. The van der Waals surface area contributed by atoms with Gasteiger partial charge in [0.2, 0.25) is 0 Å². The number of carbonyl (C=O) groups is 1. The molecule has 4 heteroatoms. The molecule has 0 radical (unpaired) electrons. The summed E-state index contributed by atoms with van der Waals surface area (Å²) in [5, 5.41) is 6.81. The third-order valence-electron chi connectivity index (χ3n) is 6.86. The maximum atomic E-state index is 13.1. The molecule has 2 aliphatic rings. The van der Waals surface area contributed by atoms with Gasteiger partial charge >= 0.3 is 0 Å². The van der Waals surface area contributed by atoms with E-state index in [1.165, 1.54) is 30.4 Å². The number of benzene rings is 2. The standard InChI is InChI=1S/C26H28N2OS/c1-17-23(25(29)28-22-15-26(16-22)13-6-14-26)24(18(2)30-17)27-21-11-9-20(10-12-21)19-7-4-3-5-8-19/h3-5,7-12,22,27H,6,13-16H2,1-2H3,(H,28,29). The molecule has 2 N–H and O–H groups in total. The highest BCUT2D eigenvalue weighted by Gasteiger charge is 2.48. The topological polar surface area (TPSA) is 41.1 Å². The zero-order chi connectivity index (χ0) is 20.7. The molecule has 0 unspecified atom stereocenters. The van der Waals surface area contributed by atoms with E-state index < -0.39 is 0 Å². The molecule has 0 aliphatic heterocycles. The van der Waals surface area contributed by atoms with Crippen LogP contribution in [0.1, 0.15) is 52.2 Å². The molecule has 2 aliphatic carbocycles. The summed E-state index contributed by atoms with van der Waals surface area (Å²) in [4.78, 5) is 15.3. The van der Waals surface area contributed by atoms with Crippen molar-refractivity contribution in [1.82, 2.24) is 5.32 Å². The third-order valence-corrected chi connectivity index (χ3v) is 7.88. The second-order valence-corrected chi connectivity index (χ2v) is 10.4. The zero-order valence-corrected chi connectivity index (χ0v) is 18.4. The molecule has 154 valence electrons. The van der Waals surface area contributed by atoms with Crippen LogP contribution in [-0.4, -0.2) is 11.9 Å². The van der Waals surface area contributed by atoms with Crippen LogP contribution >= 0.6 is 11.3 Å². The van der Waals surface area contributed by atoms with Gasteiger partial charge in [0, 0.05) is 21.5 Å². The number of aryl methyl sites for hydroxylation is 2. The highest BCUT2D eigenvalue weighted by Crippen LogP contribution is 2.55. The largest absolute Gasteiger partial charge is 0.354 e. The van der Waals surface area contributed by atoms with Crippen LogP contribution in [0.15, 0.2) is 54.6 Å². The molecule has 2 fully saturated rings. The second-order valence-electron chi connectivity index (χ2n) is 8.96. The van der Waals surface area contributed by atoms with Crippen molar-refractivity contribution in [3.63, 3.8) is 0 Å². The number of hydrogen-bond donors (Lipinski definition) is 2. The number of anilines is 2. The summed E-state index contributed by atoms with van der Waals surface area (Å²) in [6.07, 6.45) is 6.37. The Labute approximate surface area is 182 Å². The quantitative estimate of drug-likeness (QED) is 0.478. The lowest BCUT2D eigenvalue weighted by molar-refractivity contribution is -0.000611. The molecule has 0 saturated heterocycles. The van der Waals surface area contributed by atoms with Gasteiger partial charge < -0.3 is 10.6 Å². The van der Waals surface area contributed by atoms with Crippen molar-refractivity contribution in [2.45, 2.75) is 52.0 Å². The van der Waals surface area contributed by atoms with Crippen molar-refractivity contribution >= 4 is 28.6 Å². The normalized spacial score (nSPS) is 17.3. The van der Waals surface area contributed by atoms with Gasteiger partial charge in [0.05, 0.1) is 11.3 Å². The van der Waals surface area contributed by atoms with E-state index in [-0.39, 0.29) is 5.91 Å². The molecular formula is C26H28N2OS. The Bertz CT molecular complexity index is 1060. The van der Waals surface area contributed by atoms with Gasteiger partial charge in [-0.25, -0.2) is 0 Å². The van der Waals surface area contributed by atoms with Crippen molar-refractivity contribution in [1.29, 1.82) is 0 Å². The molecule has 1 aromatic heterocycles. The van der Waals surface area contributed by atoms with Crippen LogP contribution in [0.3, 0.4) is 0 Å². The van der Waals surface area contributed by atoms with Gasteiger partial charge in [0.25, 0.3) is 5.91 Å². The van der Waals surface area contributed by atoms with E-state index >= 15 is 0 Å². The summed E-state index contributed by atoms with van der Waals surface area (Å²) in [6, 6.07) is 19.1. The first kappa shape index (κ1) is 19.4. The Morgan fingerprint density at radius 2 is 1.60 bits per heavy atom. The maximum absolute atomic E-state index is 13.1. The van der Waals surface area contributed by atoms with Crippen molar-refractivity contribution in [2.24, 2.45) is 5.41 Å². The number of carbonyl (C=O) groups excluding carboxylic acids is 1. The van der Waals surface area contributed by atoms with Gasteiger partial charge in [-0.3, -0.25) is 4.79 Å². The highest BCUT2D eigenvalue weighted by molar-refractivity contribution is 7.12. The average Bonchev–Trinajstić information content (AvgIpc) is 2.97. The lowest BCUT2D eigenvalue weighted by Gasteiger charge is -2.54. The lowest BCUT2D eigenvalue weighted by atomic mass is 9.54. The summed E-state index contributed by atoms with van der Waals surface area (Å²) in [7, 11) is 0. The number of thiophene rings is 1. The minimum atomic E-state index is 0.0689. The van der Waals surface area contributed by atoms with E-state index in [4.69, 9.17) is 0 Å². The fourth-order valence-corrected chi connectivity index (χ4v) is 6.07. The Hall–Kier alpha value is -2.59. The van der Waals surface area contributed by atoms with Crippen LogP contribution in [0.25, 0.3) is 11.1 Å². The summed E-state index contributed by atoms with van der Waals surface area (Å²) >= 11 is 1.69. The summed E-state index contributed by atoms with van der Waals surface area (Å²) < 4.78 is 0. The fourth-order valence-electron chi connectivity index (χ4n) is 5.06. The molecule has 0 bridgehead atoms. The van der Waals surface area contributed by atoms with Gasteiger partial charge in [0.1, 0.15) is 0 Å². The molecule has 1 spiro atoms. The first-order valence-corrected chi connectivity index (χ1v) is 11.7. The summed E-state index contributed by atoms with van der Waals surface area (Å²) in [5.74, 6) is 0.0689. The first-order valence-electron chi connectivity index (χ1n) is 10.9. The molecule has 1 heterocycles. The second kappa shape index (κ2) is 7.59.